The number of anilines is 1. The summed E-state index contributed by atoms with van der Waals surface area (Å²) in [5.74, 6) is 1.40. The van der Waals surface area contributed by atoms with E-state index < -0.39 is 0 Å². The average molecular weight is 450 g/mol. The van der Waals surface area contributed by atoms with Gasteiger partial charge in [-0.3, -0.25) is 4.79 Å². The number of aryl methyl sites for hydroxylation is 2. The predicted molar refractivity (Wildman–Crippen MR) is 129 cm³/mol. The molecular weight excluding hydrogens is 422 g/mol. The summed E-state index contributed by atoms with van der Waals surface area (Å²) in [7, 11) is 0. The molecule has 5 heteroatoms. The maximum Gasteiger partial charge on any atom is 0.232 e. The number of rotatable bonds is 6. The molecule has 3 aromatic rings. The highest BCUT2D eigenvalue weighted by molar-refractivity contribution is 6.31. The van der Waals surface area contributed by atoms with Gasteiger partial charge in [-0.25, -0.2) is 0 Å². The van der Waals surface area contributed by atoms with Crippen LogP contribution in [0.2, 0.25) is 5.02 Å². The van der Waals surface area contributed by atoms with Crippen molar-refractivity contribution in [1.82, 2.24) is 0 Å². The van der Waals surface area contributed by atoms with Gasteiger partial charge in [-0.05, 0) is 74.2 Å². The minimum absolute atomic E-state index is 0.0236. The normalized spacial score (nSPS) is 15.5. The third-order valence-electron chi connectivity index (χ3n) is 5.76. The topological polar surface area (TPSA) is 38.8 Å². The highest BCUT2D eigenvalue weighted by Gasteiger charge is 2.36. The van der Waals surface area contributed by atoms with Crippen molar-refractivity contribution in [2.75, 3.05) is 18.1 Å². The number of carbonyl (C=O) groups excluding carboxylic acids is 1. The van der Waals surface area contributed by atoms with Gasteiger partial charge in [0.05, 0.1) is 25.7 Å². The number of nitrogens with zero attached hydrogens (tertiary/aromatic N) is 1. The van der Waals surface area contributed by atoms with Crippen molar-refractivity contribution in [3.63, 3.8) is 0 Å². The second kappa shape index (κ2) is 9.25. The summed E-state index contributed by atoms with van der Waals surface area (Å²) in [5.41, 5.74) is 5.95. The van der Waals surface area contributed by atoms with E-state index >= 15 is 0 Å². The van der Waals surface area contributed by atoms with E-state index in [2.05, 4.69) is 25.1 Å². The van der Waals surface area contributed by atoms with Gasteiger partial charge >= 0.3 is 0 Å². The number of carbonyl (C=O) groups is 1. The Morgan fingerprint density at radius 3 is 2.34 bits per heavy atom. The first-order valence-electron chi connectivity index (χ1n) is 11.0. The summed E-state index contributed by atoms with van der Waals surface area (Å²) in [6.45, 7) is 8.98. The van der Waals surface area contributed by atoms with Crippen LogP contribution in [0.1, 0.15) is 47.7 Å². The van der Waals surface area contributed by atoms with Gasteiger partial charge in [-0.15, -0.1) is 0 Å². The molecule has 166 valence electrons. The zero-order chi connectivity index (χ0) is 22.8. The van der Waals surface area contributed by atoms with Gasteiger partial charge < -0.3 is 14.4 Å². The number of hydrogen-bond donors (Lipinski definition) is 0. The molecule has 0 aliphatic carbocycles. The Labute approximate surface area is 194 Å². The zero-order valence-corrected chi connectivity index (χ0v) is 19.7. The number of fused-ring (bicyclic) bond motifs is 1. The highest BCUT2D eigenvalue weighted by Crippen LogP contribution is 2.44. The van der Waals surface area contributed by atoms with Crippen molar-refractivity contribution < 1.29 is 14.3 Å². The molecule has 0 saturated carbocycles. The molecule has 3 aromatic carbocycles. The van der Waals surface area contributed by atoms with Gasteiger partial charge in [0, 0.05) is 10.7 Å². The van der Waals surface area contributed by atoms with Gasteiger partial charge in [0.25, 0.3) is 0 Å². The van der Waals surface area contributed by atoms with Crippen molar-refractivity contribution in [3.05, 3.63) is 87.4 Å². The highest BCUT2D eigenvalue weighted by atomic mass is 35.5. The molecule has 0 aromatic heterocycles. The summed E-state index contributed by atoms with van der Waals surface area (Å²) in [4.78, 5) is 15.4. The van der Waals surface area contributed by atoms with Crippen molar-refractivity contribution in [1.29, 1.82) is 0 Å². The Morgan fingerprint density at radius 1 is 0.969 bits per heavy atom. The van der Waals surface area contributed by atoms with Gasteiger partial charge in [0.1, 0.15) is 0 Å². The molecule has 1 atom stereocenters. The van der Waals surface area contributed by atoms with Crippen LogP contribution in [-0.2, 0) is 11.2 Å². The maximum absolute atomic E-state index is 13.5. The molecular formula is C27H28ClNO3. The molecule has 4 nitrogen and oxygen atoms in total. The van der Waals surface area contributed by atoms with Crippen LogP contribution in [0.25, 0.3) is 0 Å². The average Bonchev–Trinajstić information content (AvgIpc) is 2.76. The molecule has 1 aliphatic heterocycles. The van der Waals surface area contributed by atoms with Crippen LogP contribution in [0.3, 0.4) is 0 Å². The molecule has 1 amide bonds. The largest absolute Gasteiger partial charge is 0.490 e. The van der Waals surface area contributed by atoms with Crippen LogP contribution in [0.5, 0.6) is 11.5 Å². The van der Waals surface area contributed by atoms with E-state index in [-0.39, 0.29) is 18.4 Å². The first kappa shape index (κ1) is 22.2. The first-order valence-corrected chi connectivity index (χ1v) is 11.4. The zero-order valence-electron chi connectivity index (χ0n) is 18.9. The molecule has 0 spiro atoms. The fourth-order valence-electron chi connectivity index (χ4n) is 4.29. The number of hydrogen-bond acceptors (Lipinski definition) is 3. The Kier molecular flexibility index (Phi) is 6.43. The second-order valence-electron chi connectivity index (χ2n) is 8.05. The van der Waals surface area contributed by atoms with Crippen LogP contribution >= 0.6 is 11.6 Å². The number of amides is 1. The molecule has 1 heterocycles. The van der Waals surface area contributed by atoms with Gasteiger partial charge in [0.15, 0.2) is 11.5 Å². The van der Waals surface area contributed by atoms with Gasteiger partial charge in [-0.1, -0.05) is 47.5 Å². The fraction of sp³-hybridized carbons (Fsp3) is 0.296. The van der Waals surface area contributed by atoms with Crippen molar-refractivity contribution >= 4 is 23.2 Å². The molecule has 0 unspecified atom stereocenters. The summed E-state index contributed by atoms with van der Waals surface area (Å²) in [5, 5.41) is 0.644. The summed E-state index contributed by atoms with van der Waals surface area (Å²) < 4.78 is 11.7. The lowest BCUT2D eigenvalue weighted by Crippen LogP contribution is -2.41. The Balaban J connectivity index is 1.94. The van der Waals surface area contributed by atoms with Crippen molar-refractivity contribution in [2.45, 2.75) is 40.2 Å². The lowest BCUT2D eigenvalue weighted by Gasteiger charge is -2.38. The molecule has 0 saturated heterocycles. The molecule has 0 fully saturated rings. The third-order valence-corrected chi connectivity index (χ3v) is 6.17. The molecule has 0 N–H and O–H groups in total. The summed E-state index contributed by atoms with van der Waals surface area (Å²) in [6, 6.07) is 17.8. The quantitative estimate of drug-likeness (QED) is 0.435. The summed E-state index contributed by atoms with van der Waals surface area (Å²) >= 11 is 6.45. The van der Waals surface area contributed by atoms with E-state index in [9.17, 15) is 4.79 Å². The first-order chi connectivity index (χ1) is 15.4. The van der Waals surface area contributed by atoms with Crippen molar-refractivity contribution in [2.24, 2.45) is 0 Å². The lowest BCUT2D eigenvalue weighted by molar-refractivity contribution is -0.118. The predicted octanol–water partition coefficient (Wildman–Crippen LogP) is 6.43. The maximum atomic E-state index is 13.5. The van der Waals surface area contributed by atoms with E-state index in [0.717, 1.165) is 33.5 Å². The number of halogens is 1. The van der Waals surface area contributed by atoms with Gasteiger partial charge in [0.2, 0.25) is 5.91 Å². The number of ether oxygens (including phenoxy) is 2. The van der Waals surface area contributed by atoms with Crippen LogP contribution in [-0.4, -0.2) is 19.1 Å². The van der Waals surface area contributed by atoms with Crippen molar-refractivity contribution in [3.8, 4) is 11.5 Å². The minimum Gasteiger partial charge on any atom is -0.490 e. The van der Waals surface area contributed by atoms with E-state index in [1.807, 2.05) is 62.1 Å². The second-order valence-corrected chi connectivity index (χ2v) is 8.46. The monoisotopic (exact) mass is 449 g/mol. The molecule has 0 radical (unpaired) electrons. The van der Waals surface area contributed by atoms with Gasteiger partial charge in [-0.2, -0.15) is 0 Å². The van der Waals surface area contributed by atoms with Crippen LogP contribution in [0.4, 0.5) is 5.69 Å². The van der Waals surface area contributed by atoms with E-state index in [4.69, 9.17) is 21.1 Å². The molecule has 4 rings (SSSR count). The summed E-state index contributed by atoms with van der Waals surface area (Å²) in [6.07, 6.45) is 0.287. The SMILES string of the molecule is CCOc1cc2c(cc1OCC)[C@H](c1cccc(C)c1)N(c1ccc(C)c(Cl)c1)C(=O)C2. The third kappa shape index (κ3) is 4.20. The van der Waals surface area contributed by atoms with Crippen LogP contribution in [0, 0.1) is 13.8 Å². The van der Waals surface area contributed by atoms with E-state index in [1.165, 1.54) is 0 Å². The minimum atomic E-state index is -0.292. The Hall–Kier alpha value is -2.98. The van der Waals surface area contributed by atoms with E-state index in [0.29, 0.717) is 29.7 Å². The number of benzene rings is 3. The lowest BCUT2D eigenvalue weighted by atomic mass is 9.86. The smallest absolute Gasteiger partial charge is 0.232 e. The van der Waals surface area contributed by atoms with E-state index in [1.54, 1.807) is 0 Å². The standard InChI is InChI=1S/C27H28ClNO3/c1-5-31-24-13-20-14-26(30)29(21-11-10-18(4)23(28)15-21)27(19-9-7-8-17(3)12-19)22(20)16-25(24)32-6-2/h7-13,15-16,27H,5-6,14H2,1-4H3/t27-/m0/s1. The van der Waals surface area contributed by atoms with Crippen LogP contribution < -0.4 is 14.4 Å². The fourth-order valence-corrected chi connectivity index (χ4v) is 4.46. The Morgan fingerprint density at radius 2 is 1.69 bits per heavy atom. The van der Waals surface area contributed by atoms with Crippen LogP contribution in [0.15, 0.2) is 54.6 Å². The molecule has 32 heavy (non-hydrogen) atoms. The molecule has 0 bridgehead atoms. The molecule has 1 aliphatic rings. The Bertz CT molecular complexity index is 1160.